The SMILES string of the molecule is CC(=O)N1CC(C)(C)Oc2ccc(S(=O)(=O)NC3CCCCCC3)cc21. The topological polar surface area (TPSA) is 75.7 Å². The second-order valence-electron chi connectivity index (χ2n) is 7.91. The number of fused-ring (bicyclic) bond motifs is 1. The van der Waals surface area contributed by atoms with E-state index in [2.05, 4.69) is 4.72 Å². The maximum absolute atomic E-state index is 12.8. The number of hydrogen-bond donors (Lipinski definition) is 1. The van der Waals surface area contributed by atoms with Crippen LogP contribution >= 0.6 is 0 Å². The smallest absolute Gasteiger partial charge is 0.240 e. The van der Waals surface area contributed by atoms with Crippen molar-refractivity contribution in [2.45, 2.75) is 75.8 Å². The summed E-state index contributed by atoms with van der Waals surface area (Å²) in [5.74, 6) is 0.402. The first-order valence-corrected chi connectivity index (χ1v) is 10.8. The summed E-state index contributed by atoms with van der Waals surface area (Å²) in [6.07, 6.45) is 6.19. The number of hydrogen-bond acceptors (Lipinski definition) is 4. The maximum atomic E-state index is 12.8. The van der Waals surface area contributed by atoms with Gasteiger partial charge in [0.15, 0.2) is 0 Å². The second-order valence-corrected chi connectivity index (χ2v) is 9.62. The van der Waals surface area contributed by atoms with Crippen molar-refractivity contribution in [3.05, 3.63) is 18.2 Å². The van der Waals surface area contributed by atoms with E-state index in [1.165, 1.54) is 6.92 Å². The van der Waals surface area contributed by atoms with Crippen LogP contribution in [0.4, 0.5) is 5.69 Å². The molecule has 1 N–H and O–H groups in total. The zero-order valence-electron chi connectivity index (χ0n) is 15.7. The number of amides is 1. The molecule has 0 saturated heterocycles. The van der Waals surface area contributed by atoms with Gasteiger partial charge < -0.3 is 9.64 Å². The molecule has 6 nitrogen and oxygen atoms in total. The van der Waals surface area contributed by atoms with Gasteiger partial charge in [0.25, 0.3) is 0 Å². The van der Waals surface area contributed by atoms with E-state index in [1.54, 1.807) is 23.1 Å². The van der Waals surface area contributed by atoms with Crippen LogP contribution < -0.4 is 14.4 Å². The van der Waals surface area contributed by atoms with Crippen LogP contribution in [0, 0.1) is 0 Å². The van der Waals surface area contributed by atoms with Crippen molar-refractivity contribution in [1.29, 1.82) is 0 Å². The summed E-state index contributed by atoms with van der Waals surface area (Å²) in [6.45, 7) is 5.68. The second kappa shape index (κ2) is 7.19. The van der Waals surface area contributed by atoms with Gasteiger partial charge in [-0.15, -0.1) is 0 Å². The largest absolute Gasteiger partial charge is 0.484 e. The third-order valence-electron chi connectivity index (χ3n) is 5.01. The Morgan fingerprint density at radius 2 is 1.85 bits per heavy atom. The van der Waals surface area contributed by atoms with Gasteiger partial charge in [-0.05, 0) is 44.9 Å². The van der Waals surface area contributed by atoms with Crippen LogP contribution in [-0.2, 0) is 14.8 Å². The number of carbonyl (C=O) groups excluding carboxylic acids is 1. The van der Waals surface area contributed by atoms with E-state index in [-0.39, 0.29) is 16.8 Å². The van der Waals surface area contributed by atoms with E-state index in [4.69, 9.17) is 4.74 Å². The lowest BCUT2D eigenvalue weighted by Crippen LogP contribution is -2.48. The van der Waals surface area contributed by atoms with Crippen molar-refractivity contribution in [2.24, 2.45) is 0 Å². The minimum absolute atomic E-state index is 0.0161. The number of rotatable bonds is 3. The summed E-state index contributed by atoms with van der Waals surface area (Å²) in [5.41, 5.74) is -0.00180. The summed E-state index contributed by atoms with van der Waals surface area (Å²) >= 11 is 0. The zero-order chi connectivity index (χ0) is 18.9. The van der Waals surface area contributed by atoms with Gasteiger partial charge >= 0.3 is 0 Å². The number of nitrogens with zero attached hydrogens (tertiary/aromatic N) is 1. The Bertz CT molecular complexity index is 781. The average molecular weight is 381 g/mol. The highest BCUT2D eigenvalue weighted by Gasteiger charge is 2.34. The Morgan fingerprint density at radius 1 is 1.19 bits per heavy atom. The fourth-order valence-corrected chi connectivity index (χ4v) is 5.05. The van der Waals surface area contributed by atoms with Gasteiger partial charge in [-0.25, -0.2) is 13.1 Å². The molecule has 7 heteroatoms. The normalized spacial score (nSPS) is 20.8. The van der Waals surface area contributed by atoms with Gasteiger partial charge in [-0.3, -0.25) is 4.79 Å². The Kier molecular flexibility index (Phi) is 5.30. The Balaban J connectivity index is 1.89. The highest BCUT2D eigenvalue weighted by Crippen LogP contribution is 2.38. The molecule has 0 spiro atoms. The van der Waals surface area contributed by atoms with Crippen LogP contribution in [0.5, 0.6) is 5.75 Å². The summed E-state index contributed by atoms with van der Waals surface area (Å²) < 4.78 is 34.5. The first-order valence-electron chi connectivity index (χ1n) is 9.31. The molecule has 1 aromatic carbocycles. The van der Waals surface area contributed by atoms with E-state index in [9.17, 15) is 13.2 Å². The molecule has 0 atom stereocenters. The van der Waals surface area contributed by atoms with Crippen LogP contribution in [0.1, 0.15) is 59.3 Å². The first kappa shape index (κ1) is 19.2. The molecule has 144 valence electrons. The molecule has 1 aliphatic carbocycles. The predicted octanol–water partition coefficient (Wildman–Crippen LogP) is 3.21. The third-order valence-corrected chi connectivity index (χ3v) is 6.53. The van der Waals surface area contributed by atoms with Gasteiger partial charge in [0.1, 0.15) is 11.4 Å². The summed E-state index contributed by atoms with van der Waals surface area (Å²) in [6, 6.07) is 4.73. The average Bonchev–Trinajstić information content (AvgIpc) is 2.80. The Labute approximate surface area is 156 Å². The summed E-state index contributed by atoms with van der Waals surface area (Å²) in [4.78, 5) is 13.8. The van der Waals surface area contributed by atoms with Crippen molar-refractivity contribution in [3.63, 3.8) is 0 Å². The lowest BCUT2D eigenvalue weighted by Gasteiger charge is -2.39. The van der Waals surface area contributed by atoms with Gasteiger partial charge in [-0.1, -0.05) is 25.7 Å². The fourth-order valence-electron chi connectivity index (χ4n) is 3.72. The summed E-state index contributed by atoms with van der Waals surface area (Å²) in [5, 5.41) is 0. The number of nitrogens with one attached hydrogen (secondary N) is 1. The molecule has 1 heterocycles. The van der Waals surface area contributed by atoms with Crippen LogP contribution in [0.15, 0.2) is 23.1 Å². The fraction of sp³-hybridized carbons (Fsp3) is 0.632. The van der Waals surface area contributed by atoms with Gasteiger partial charge in [0.05, 0.1) is 17.1 Å². The molecule has 1 aromatic rings. The molecular formula is C19H28N2O4S. The molecule has 1 aliphatic heterocycles. The Morgan fingerprint density at radius 3 is 2.46 bits per heavy atom. The van der Waals surface area contributed by atoms with Crippen LogP contribution in [0.3, 0.4) is 0 Å². The van der Waals surface area contributed by atoms with E-state index in [0.29, 0.717) is 18.0 Å². The zero-order valence-corrected chi connectivity index (χ0v) is 16.6. The van der Waals surface area contributed by atoms with Crippen LogP contribution in [0.2, 0.25) is 0 Å². The molecule has 1 fully saturated rings. The van der Waals surface area contributed by atoms with Crippen LogP contribution in [-0.4, -0.2) is 32.5 Å². The van der Waals surface area contributed by atoms with Gasteiger partial charge in [0, 0.05) is 13.0 Å². The molecule has 1 amide bonds. The molecule has 0 radical (unpaired) electrons. The minimum atomic E-state index is -3.63. The van der Waals surface area contributed by atoms with E-state index in [1.807, 2.05) is 13.8 Å². The van der Waals surface area contributed by atoms with E-state index >= 15 is 0 Å². The third kappa shape index (κ3) is 4.20. The molecule has 26 heavy (non-hydrogen) atoms. The number of anilines is 1. The molecular weight excluding hydrogens is 352 g/mol. The monoisotopic (exact) mass is 380 g/mol. The highest BCUT2D eigenvalue weighted by molar-refractivity contribution is 7.89. The van der Waals surface area contributed by atoms with Crippen molar-refractivity contribution in [3.8, 4) is 5.75 Å². The standard InChI is InChI=1S/C19H28N2O4S/c1-14(22)21-13-19(2,3)25-18-11-10-16(12-17(18)21)26(23,24)20-15-8-6-4-5-7-9-15/h10-12,15,20H,4-9,13H2,1-3H3. The molecule has 0 unspecified atom stereocenters. The van der Waals surface area contributed by atoms with Crippen molar-refractivity contribution in [2.75, 3.05) is 11.4 Å². The molecule has 2 aliphatic rings. The van der Waals surface area contributed by atoms with Gasteiger partial charge in [0.2, 0.25) is 15.9 Å². The molecule has 3 rings (SSSR count). The van der Waals surface area contributed by atoms with Crippen molar-refractivity contribution >= 4 is 21.6 Å². The number of ether oxygens (including phenoxy) is 1. The number of benzene rings is 1. The maximum Gasteiger partial charge on any atom is 0.240 e. The molecule has 0 bridgehead atoms. The molecule has 1 saturated carbocycles. The lowest BCUT2D eigenvalue weighted by atomic mass is 10.1. The number of carbonyl (C=O) groups is 1. The first-order chi connectivity index (χ1) is 12.2. The number of sulfonamides is 1. The predicted molar refractivity (Wildman–Crippen MR) is 101 cm³/mol. The lowest BCUT2D eigenvalue weighted by molar-refractivity contribution is -0.117. The van der Waals surface area contributed by atoms with Gasteiger partial charge in [-0.2, -0.15) is 0 Å². The van der Waals surface area contributed by atoms with Crippen molar-refractivity contribution in [1.82, 2.24) is 4.72 Å². The molecule has 0 aromatic heterocycles. The summed E-state index contributed by atoms with van der Waals surface area (Å²) in [7, 11) is -3.63. The quantitative estimate of drug-likeness (QED) is 0.817. The van der Waals surface area contributed by atoms with E-state index in [0.717, 1.165) is 38.5 Å². The van der Waals surface area contributed by atoms with Crippen molar-refractivity contribution < 1.29 is 17.9 Å². The Hall–Kier alpha value is -1.60. The van der Waals surface area contributed by atoms with E-state index < -0.39 is 15.6 Å². The van der Waals surface area contributed by atoms with Crippen LogP contribution in [0.25, 0.3) is 0 Å². The highest BCUT2D eigenvalue weighted by atomic mass is 32.2. The minimum Gasteiger partial charge on any atom is -0.484 e.